The lowest BCUT2D eigenvalue weighted by Gasteiger charge is -2.09. The second-order valence-electron chi connectivity index (χ2n) is 3.27. The Morgan fingerprint density at radius 3 is 2.82 bits per heavy atom. The third-order valence-electron chi connectivity index (χ3n) is 2.16. The minimum atomic E-state index is -0.199. The van der Waals surface area contributed by atoms with Gasteiger partial charge >= 0.3 is 0 Å². The van der Waals surface area contributed by atoms with Crippen molar-refractivity contribution < 1.29 is 14.3 Å². The van der Waals surface area contributed by atoms with Crippen molar-refractivity contribution in [1.82, 2.24) is 10.3 Å². The lowest BCUT2D eigenvalue weighted by Crippen LogP contribution is -2.27. The molecular weight excluding hydrogens is 222 g/mol. The average molecular weight is 239 g/mol. The molecule has 0 aliphatic heterocycles. The minimum absolute atomic E-state index is 0.199. The van der Waals surface area contributed by atoms with E-state index in [-0.39, 0.29) is 5.91 Å². The largest absolute Gasteiger partial charge is 0.493 e. The van der Waals surface area contributed by atoms with Crippen molar-refractivity contribution >= 4 is 11.7 Å². The number of rotatable bonds is 6. The van der Waals surface area contributed by atoms with Gasteiger partial charge in [-0.2, -0.15) is 0 Å². The van der Waals surface area contributed by atoms with Crippen LogP contribution in [0.15, 0.2) is 12.3 Å². The fourth-order valence-corrected chi connectivity index (χ4v) is 1.28. The second-order valence-corrected chi connectivity index (χ2v) is 3.27. The Balaban J connectivity index is 2.74. The summed E-state index contributed by atoms with van der Waals surface area (Å²) >= 11 is 0. The minimum Gasteiger partial charge on any atom is -0.493 e. The Morgan fingerprint density at radius 1 is 1.47 bits per heavy atom. The third-order valence-corrected chi connectivity index (χ3v) is 2.16. The molecule has 0 aliphatic rings. The fourth-order valence-electron chi connectivity index (χ4n) is 1.28. The van der Waals surface area contributed by atoms with Crippen LogP contribution in [-0.4, -0.2) is 45.3 Å². The van der Waals surface area contributed by atoms with Gasteiger partial charge in [0.2, 0.25) is 0 Å². The molecule has 0 fully saturated rings. The Bertz CT molecular complexity index is 382. The lowest BCUT2D eigenvalue weighted by molar-refractivity contribution is 0.0936. The van der Waals surface area contributed by atoms with Crippen LogP contribution in [0.4, 0.5) is 5.82 Å². The summed E-state index contributed by atoms with van der Waals surface area (Å²) in [6, 6.07) is 1.64. The van der Waals surface area contributed by atoms with Crippen molar-refractivity contribution in [2.75, 3.05) is 39.7 Å². The zero-order valence-electron chi connectivity index (χ0n) is 10.2. The number of pyridine rings is 1. The molecule has 0 bridgehead atoms. The first-order chi connectivity index (χ1) is 8.22. The van der Waals surface area contributed by atoms with E-state index < -0.39 is 0 Å². The summed E-state index contributed by atoms with van der Waals surface area (Å²) in [5.74, 6) is 0.934. The smallest absolute Gasteiger partial charge is 0.253 e. The molecule has 1 aromatic heterocycles. The Morgan fingerprint density at radius 2 is 2.24 bits per heavy atom. The number of anilines is 1. The molecule has 94 valence electrons. The van der Waals surface area contributed by atoms with E-state index in [9.17, 15) is 4.79 Å². The zero-order valence-corrected chi connectivity index (χ0v) is 10.2. The maximum absolute atomic E-state index is 11.7. The molecule has 0 unspecified atom stereocenters. The van der Waals surface area contributed by atoms with Gasteiger partial charge in [0.05, 0.1) is 19.3 Å². The van der Waals surface area contributed by atoms with Gasteiger partial charge in [-0.25, -0.2) is 4.98 Å². The highest BCUT2D eigenvalue weighted by atomic mass is 16.5. The standard InChI is InChI=1S/C11H17N3O3/c1-12-10-9(17-3)6-8(7-14-10)11(15)13-4-5-16-2/h6-7H,4-5H2,1-3H3,(H,12,14)(H,13,15). The molecule has 1 heterocycles. The Kier molecular flexibility index (Phi) is 5.22. The van der Waals surface area contributed by atoms with E-state index in [1.54, 1.807) is 20.2 Å². The first kappa shape index (κ1) is 13.2. The van der Waals surface area contributed by atoms with Gasteiger partial charge < -0.3 is 20.1 Å². The van der Waals surface area contributed by atoms with E-state index >= 15 is 0 Å². The average Bonchev–Trinajstić information content (AvgIpc) is 2.38. The number of carbonyl (C=O) groups is 1. The number of hydrogen-bond donors (Lipinski definition) is 2. The Labute approximate surface area is 100 Å². The summed E-state index contributed by atoms with van der Waals surface area (Å²) in [7, 11) is 4.85. The molecule has 1 aromatic rings. The summed E-state index contributed by atoms with van der Waals surface area (Å²) < 4.78 is 9.97. The quantitative estimate of drug-likeness (QED) is 0.708. The first-order valence-electron chi connectivity index (χ1n) is 5.21. The molecule has 0 saturated heterocycles. The van der Waals surface area contributed by atoms with Crippen LogP contribution < -0.4 is 15.4 Å². The molecule has 6 heteroatoms. The molecule has 2 N–H and O–H groups in total. The van der Waals surface area contributed by atoms with Crippen LogP contribution >= 0.6 is 0 Å². The van der Waals surface area contributed by atoms with Gasteiger partial charge in [-0.1, -0.05) is 0 Å². The molecule has 0 atom stereocenters. The van der Waals surface area contributed by atoms with Crippen LogP contribution in [0.3, 0.4) is 0 Å². The highest BCUT2D eigenvalue weighted by molar-refractivity contribution is 5.94. The molecule has 0 saturated carbocycles. The van der Waals surface area contributed by atoms with Gasteiger partial charge in [-0.05, 0) is 6.07 Å². The monoisotopic (exact) mass is 239 g/mol. The number of nitrogens with one attached hydrogen (secondary N) is 2. The topological polar surface area (TPSA) is 72.5 Å². The van der Waals surface area contributed by atoms with Gasteiger partial charge in [0.15, 0.2) is 11.6 Å². The van der Waals surface area contributed by atoms with Crippen molar-refractivity contribution in [2.24, 2.45) is 0 Å². The summed E-state index contributed by atoms with van der Waals surface area (Å²) in [5.41, 5.74) is 0.456. The maximum atomic E-state index is 11.7. The molecule has 1 amide bonds. The van der Waals surface area contributed by atoms with Crippen molar-refractivity contribution in [1.29, 1.82) is 0 Å². The van der Waals surface area contributed by atoms with Crippen LogP contribution in [0, 0.1) is 0 Å². The number of carbonyl (C=O) groups excluding carboxylic acids is 1. The Hall–Kier alpha value is -1.82. The number of amides is 1. The second kappa shape index (κ2) is 6.70. The van der Waals surface area contributed by atoms with Crippen LogP contribution in [0.25, 0.3) is 0 Å². The van der Waals surface area contributed by atoms with Gasteiger partial charge in [0.1, 0.15) is 0 Å². The van der Waals surface area contributed by atoms with Crippen molar-refractivity contribution in [3.63, 3.8) is 0 Å². The van der Waals surface area contributed by atoms with Gasteiger partial charge in [0.25, 0.3) is 5.91 Å². The van der Waals surface area contributed by atoms with E-state index in [4.69, 9.17) is 9.47 Å². The van der Waals surface area contributed by atoms with E-state index in [0.29, 0.717) is 30.3 Å². The van der Waals surface area contributed by atoms with Crippen LogP contribution in [-0.2, 0) is 4.74 Å². The highest BCUT2D eigenvalue weighted by Crippen LogP contribution is 2.21. The van der Waals surface area contributed by atoms with Crippen molar-refractivity contribution in [3.05, 3.63) is 17.8 Å². The third kappa shape index (κ3) is 3.60. The molecular formula is C11H17N3O3. The number of nitrogens with zero attached hydrogens (tertiary/aromatic N) is 1. The predicted octanol–water partition coefficient (Wildman–Crippen LogP) is 0.508. The molecule has 1 rings (SSSR count). The van der Waals surface area contributed by atoms with Crippen LogP contribution in [0.1, 0.15) is 10.4 Å². The predicted molar refractivity (Wildman–Crippen MR) is 64.5 cm³/mol. The van der Waals surface area contributed by atoms with E-state index in [1.807, 2.05) is 0 Å². The summed E-state index contributed by atoms with van der Waals surface area (Å²) in [6.45, 7) is 0.941. The summed E-state index contributed by atoms with van der Waals surface area (Å²) in [5, 5.41) is 5.59. The van der Waals surface area contributed by atoms with Gasteiger partial charge in [-0.15, -0.1) is 0 Å². The lowest BCUT2D eigenvalue weighted by atomic mass is 10.2. The van der Waals surface area contributed by atoms with E-state index in [2.05, 4.69) is 15.6 Å². The highest BCUT2D eigenvalue weighted by Gasteiger charge is 2.10. The zero-order chi connectivity index (χ0) is 12.7. The summed E-state index contributed by atoms with van der Waals surface area (Å²) in [6.07, 6.45) is 1.50. The number of hydrogen-bond acceptors (Lipinski definition) is 5. The SMILES string of the molecule is CNc1ncc(C(=O)NCCOC)cc1OC. The number of ether oxygens (including phenoxy) is 2. The molecule has 0 aliphatic carbocycles. The number of methoxy groups -OCH3 is 2. The van der Waals surface area contributed by atoms with Crippen LogP contribution in [0.5, 0.6) is 5.75 Å². The van der Waals surface area contributed by atoms with Gasteiger partial charge in [0, 0.05) is 26.9 Å². The first-order valence-corrected chi connectivity index (χ1v) is 5.21. The van der Waals surface area contributed by atoms with Crippen LogP contribution in [0.2, 0.25) is 0 Å². The molecule has 6 nitrogen and oxygen atoms in total. The maximum Gasteiger partial charge on any atom is 0.253 e. The fraction of sp³-hybridized carbons (Fsp3) is 0.455. The molecule has 0 spiro atoms. The van der Waals surface area contributed by atoms with Crippen molar-refractivity contribution in [2.45, 2.75) is 0 Å². The number of aromatic nitrogens is 1. The van der Waals surface area contributed by atoms with E-state index in [1.165, 1.54) is 13.3 Å². The molecule has 0 radical (unpaired) electrons. The molecule has 0 aromatic carbocycles. The van der Waals surface area contributed by atoms with Gasteiger partial charge in [-0.3, -0.25) is 4.79 Å². The summed E-state index contributed by atoms with van der Waals surface area (Å²) in [4.78, 5) is 15.8. The van der Waals surface area contributed by atoms with Crippen molar-refractivity contribution in [3.8, 4) is 5.75 Å². The van der Waals surface area contributed by atoms with E-state index in [0.717, 1.165) is 0 Å². The molecule has 17 heavy (non-hydrogen) atoms. The normalized spacial score (nSPS) is 9.82.